The lowest BCUT2D eigenvalue weighted by Gasteiger charge is -2.15. The van der Waals surface area contributed by atoms with Gasteiger partial charge in [-0.25, -0.2) is 9.69 Å². The van der Waals surface area contributed by atoms with E-state index in [1.165, 1.54) is 19.2 Å². The zero-order chi connectivity index (χ0) is 23.5. The molecule has 3 aromatic rings. The summed E-state index contributed by atoms with van der Waals surface area (Å²) >= 11 is 6.17. The molecule has 0 saturated heterocycles. The Morgan fingerprint density at radius 1 is 0.909 bits per heavy atom. The van der Waals surface area contributed by atoms with Gasteiger partial charge in [-0.1, -0.05) is 35.4 Å². The number of benzene rings is 3. The van der Waals surface area contributed by atoms with Crippen molar-refractivity contribution >= 4 is 40.8 Å². The van der Waals surface area contributed by atoms with Gasteiger partial charge in [-0.15, -0.1) is 0 Å². The van der Waals surface area contributed by atoms with E-state index in [-0.39, 0.29) is 10.7 Å². The smallest absolute Gasteiger partial charge is 0.343 e. The van der Waals surface area contributed by atoms with E-state index in [9.17, 15) is 14.4 Å². The summed E-state index contributed by atoms with van der Waals surface area (Å²) in [5.74, 6) is -0.795. The maximum atomic E-state index is 12.9. The molecule has 0 saturated carbocycles. The van der Waals surface area contributed by atoms with Crippen molar-refractivity contribution in [2.45, 2.75) is 6.92 Å². The highest BCUT2D eigenvalue weighted by Gasteiger charge is 2.38. The number of anilines is 2. The Kier molecular flexibility index (Phi) is 6.15. The minimum absolute atomic E-state index is 0.0334. The topological polar surface area (TPSA) is 84.9 Å². The molecule has 0 aromatic heterocycles. The third-order valence-corrected chi connectivity index (χ3v) is 5.31. The monoisotopic (exact) mass is 462 g/mol. The molecule has 0 spiro atoms. The van der Waals surface area contributed by atoms with Gasteiger partial charge in [0.2, 0.25) is 0 Å². The van der Waals surface area contributed by atoms with Crippen molar-refractivity contribution in [2.24, 2.45) is 0 Å². The van der Waals surface area contributed by atoms with E-state index >= 15 is 0 Å². The van der Waals surface area contributed by atoms with Crippen LogP contribution in [0.3, 0.4) is 0 Å². The van der Waals surface area contributed by atoms with Crippen molar-refractivity contribution in [1.29, 1.82) is 0 Å². The molecule has 0 bridgehead atoms. The van der Waals surface area contributed by atoms with Crippen LogP contribution in [0.25, 0.3) is 0 Å². The minimum atomic E-state index is -0.605. The van der Waals surface area contributed by atoms with E-state index < -0.39 is 17.8 Å². The van der Waals surface area contributed by atoms with E-state index in [0.717, 1.165) is 10.5 Å². The summed E-state index contributed by atoms with van der Waals surface area (Å²) in [5.41, 5.74) is 2.18. The van der Waals surface area contributed by atoms with Gasteiger partial charge in [0.05, 0.1) is 18.4 Å². The van der Waals surface area contributed by atoms with Gasteiger partial charge in [0.1, 0.15) is 22.2 Å². The van der Waals surface area contributed by atoms with Crippen LogP contribution in [-0.2, 0) is 9.59 Å². The lowest BCUT2D eigenvalue weighted by atomic mass is 10.2. The Hall–Kier alpha value is -4.10. The fourth-order valence-corrected chi connectivity index (χ4v) is 3.42. The molecule has 166 valence electrons. The molecular formula is C25H19ClN2O5. The number of halogens is 1. The lowest BCUT2D eigenvalue weighted by molar-refractivity contribution is -0.120. The van der Waals surface area contributed by atoms with Crippen molar-refractivity contribution in [3.63, 3.8) is 0 Å². The number of ether oxygens (including phenoxy) is 2. The number of rotatable bonds is 6. The van der Waals surface area contributed by atoms with Crippen LogP contribution in [0.4, 0.5) is 11.4 Å². The molecule has 1 N–H and O–H groups in total. The summed E-state index contributed by atoms with van der Waals surface area (Å²) < 4.78 is 10.5. The van der Waals surface area contributed by atoms with Crippen molar-refractivity contribution in [2.75, 3.05) is 17.3 Å². The zero-order valence-electron chi connectivity index (χ0n) is 17.8. The van der Waals surface area contributed by atoms with Crippen LogP contribution in [0.5, 0.6) is 11.5 Å². The molecule has 1 aliphatic heterocycles. The molecular weight excluding hydrogens is 444 g/mol. The molecule has 3 aromatic carbocycles. The van der Waals surface area contributed by atoms with Crippen LogP contribution in [0.1, 0.15) is 15.9 Å². The predicted molar refractivity (Wildman–Crippen MR) is 125 cm³/mol. The highest BCUT2D eigenvalue weighted by Crippen LogP contribution is 2.30. The molecule has 2 amide bonds. The van der Waals surface area contributed by atoms with E-state index in [2.05, 4.69) is 5.32 Å². The largest absolute Gasteiger partial charge is 0.497 e. The maximum absolute atomic E-state index is 12.9. The van der Waals surface area contributed by atoms with Gasteiger partial charge in [-0.3, -0.25) is 9.59 Å². The third-order valence-electron chi connectivity index (χ3n) is 4.96. The number of amides is 2. The first-order chi connectivity index (χ1) is 15.9. The molecule has 33 heavy (non-hydrogen) atoms. The summed E-state index contributed by atoms with van der Waals surface area (Å²) in [6.45, 7) is 1.91. The van der Waals surface area contributed by atoms with Crippen LogP contribution in [0, 0.1) is 6.92 Å². The number of hydrogen-bond donors (Lipinski definition) is 1. The Balaban J connectivity index is 1.47. The first-order valence-corrected chi connectivity index (χ1v) is 10.3. The van der Waals surface area contributed by atoms with Crippen molar-refractivity contribution in [1.82, 2.24) is 0 Å². The van der Waals surface area contributed by atoms with Gasteiger partial charge in [0, 0.05) is 11.8 Å². The molecule has 0 unspecified atom stereocenters. The number of methoxy groups -OCH3 is 1. The van der Waals surface area contributed by atoms with Crippen LogP contribution >= 0.6 is 11.6 Å². The van der Waals surface area contributed by atoms with E-state index in [1.807, 2.05) is 6.92 Å². The lowest BCUT2D eigenvalue weighted by Crippen LogP contribution is -2.32. The van der Waals surface area contributed by atoms with Gasteiger partial charge in [-0.2, -0.15) is 0 Å². The van der Waals surface area contributed by atoms with Crippen LogP contribution in [0.15, 0.2) is 83.5 Å². The predicted octanol–water partition coefficient (Wildman–Crippen LogP) is 4.66. The highest BCUT2D eigenvalue weighted by atomic mass is 35.5. The third kappa shape index (κ3) is 4.58. The van der Waals surface area contributed by atoms with Gasteiger partial charge in [-0.05, 0) is 55.5 Å². The van der Waals surface area contributed by atoms with Crippen LogP contribution < -0.4 is 19.7 Å². The number of aryl methyl sites for hydroxylation is 1. The second-order valence-electron chi connectivity index (χ2n) is 7.24. The summed E-state index contributed by atoms with van der Waals surface area (Å²) in [6.07, 6.45) is 0. The molecule has 0 aliphatic carbocycles. The van der Waals surface area contributed by atoms with Crippen LogP contribution in [0.2, 0.25) is 0 Å². The first-order valence-electron chi connectivity index (χ1n) is 9.96. The van der Waals surface area contributed by atoms with E-state index in [4.69, 9.17) is 21.1 Å². The fourth-order valence-electron chi connectivity index (χ4n) is 3.20. The van der Waals surface area contributed by atoms with Crippen molar-refractivity contribution < 1.29 is 23.9 Å². The Bertz CT molecular complexity index is 1270. The van der Waals surface area contributed by atoms with E-state index in [1.54, 1.807) is 60.7 Å². The van der Waals surface area contributed by atoms with E-state index in [0.29, 0.717) is 28.4 Å². The molecule has 4 rings (SSSR count). The van der Waals surface area contributed by atoms with Gasteiger partial charge >= 0.3 is 5.97 Å². The average molecular weight is 463 g/mol. The molecule has 0 atom stereocenters. The van der Waals surface area contributed by atoms with Crippen molar-refractivity contribution in [3.05, 3.63) is 94.7 Å². The Labute approximate surface area is 195 Å². The first kappa shape index (κ1) is 22.1. The van der Waals surface area contributed by atoms with Crippen LogP contribution in [-0.4, -0.2) is 24.9 Å². The van der Waals surface area contributed by atoms with Crippen molar-refractivity contribution in [3.8, 4) is 11.5 Å². The average Bonchev–Trinajstić information content (AvgIpc) is 3.03. The molecule has 1 heterocycles. The van der Waals surface area contributed by atoms with Gasteiger partial charge in [0.25, 0.3) is 11.8 Å². The Morgan fingerprint density at radius 3 is 2.24 bits per heavy atom. The summed E-state index contributed by atoms with van der Waals surface area (Å²) in [7, 11) is 1.52. The second-order valence-corrected chi connectivity index (χ2v) is 7.62. The maximum Gasteiger partial charge on any atom is 0.343 e. The Morgan fingerprint density at radius 2 is 1.58 bits per heavy atom. The number of nitrogens with one attached hydrogen (secondary N) is 1. The van der Waals surface area contributed by atoms with Gasteiger partial charge in [0.15, 0.2) is 0 Å². The van der Waals surface area contributed by atoms with Gasteiger partial charge < -0.3 is 14.8 Å². The molecule has 7 nitrogen and oxygen atoms in total. The quantitative estimate of drug-likeness (QED) is 0.326. The second kappa shape index (κ2) is 9.18. The molecule has 8 heteroatoms. The fraction of sp³-hybridized carbons (Fsp3) is 0.0800. The summed E-state index contributed by atoms with van der Waals surface area (Å²) in [5, 5.41) is 2.67. The summed E-state index contributed by atoms with van der Waals surface area (Å²) in [4.78, 5) is 38.9. The molecule has 0 radical (unpaired) electrons. The number of imide groups is 1. The molecule has 1 aliphatic rings. The zero-order valence-corrected chi connectivity index (χ0v) is 18.6. The normalized spacial score (nSPS) is 13.4. The SMILES string of the molecule is COc1cccc(OC(=O)c2ccc(NC3=C(Cl)C(=O)N(c4ccc(C)cc4)C3=O)cc2)c1. The standard InChI is InChI=1S/C25H19ClN2O5/c1-15-6-12-18(13-7-15)28-23(29)21(26)22(24(28)30)27-17-10-8-16(9-11-17)25(31)33-20-5-3-4-19(14-20)32-2/h3-14,27H,1-2H3. The number of carbonyl (C=O) groups is 3. The molecule has 0 fully saturated rings. The minimum Gasteiger partial charge on any atom is -0.497 e. The highest BCUT2D eigenvalue weighted by molar-refractivity contribution is 6.53. The number of hydrogen-bond acceptors (Lipinski definition) is 6. The number of esters is 1. The number of carbonyl (C=O) groups excluding carboxylic acids is 3. The number of nitrogens with zero attached hydrogens (tertiary/aromatic N) is 1. The summed E-state index contributed by atoms with van der Waals surface area (Å²) in [6, 6.07) is 19.9.